The molecule has 0 N–H and O–H groups in total. The predicted octanol–water partition coefficient (Wildman–Crippen LogP) is 6.44. The van der Waals surface area contributed by atoms with Gasteiger partial charge in [-0.1, -0.05) is 12.1 Å². The number of rotatable bonds is 3. The van der Waals surface area contributed by atoms with E-state index in [-0.39, 0.29) is 18.0 Å². The van der Waals surface area contributed by atoms with Crippen molar-refractivity contribution in [1.82, 2.24) is 19.9 Å². The maximum absolute atomic E-state index is 15.1. The minimum Gasteiger partial charge on any atom is -0.444 e. The van der Waals surface area contributed by atoms with E-state index in [0.29, 0.717) is 30.1 Å². The number of halogens is 1. The van der Waals surface area contributed by atoms with Gasteiger partial charge < -0.3 is 14.5 Å². The number of likely N-dealkylation sites (tertiary alicyclic amines) is 1. The highest BCUT2D eigenvalue weighted by Crippen LogP contribution is 2.33. The highest BCUT2D eigenvalue weighted by molar-refractivity contribution is 5.97. The molecular weight excluding hydrogens is 481 g/mol. The Hall–Kier alpha value is -3.81. The van der Waals surface area contributed by atoms with Crippen molar-refractivity contribution in [2.45, 2.75) is 59.1 Å². The lowest BCUT2D eigenvalue weighted by Crippen LogP contribution is -2.47. The molecule has 5 rings (SSSR count). The first kappa shape index (κ1) is 25.8. The van der Waals surface area contributed by atoms with Gasteiger partial charge in [0.25, 0.3) is 0 Å². The van der Waals surface area contributed by atoms with Gasteiger partial charge in [-0.25, -0.2) is 19.2 Å². The van der Waals surface area contributed by atoms with Crippen LogP contribution in [0.1, 0.15) is 45.0 Å². The Labute approximate surface area is 222 Å². The Balaban J connectivity index is 1.40. The van der Waals surface area contributed by atoms with Crippen LogP contribution in [0.2, 0.25) is 0 Å². The first-order valence-corrected chi connectivity index (χ1v) is 13.1. The fourth-order valence-electron chi connectivity index (χ4n) is 5.04. The van der Waals surface area contributed by atoms with Gasteiger partial charge in [-0.05, 0) is 83.4 Å². The number of piperidine rings is 1. The maximum Gasteiger partial charge on any atom is 0.410 e. The summed E-state index contributed by atoms with van der Waals surface area (Å²) in [6.45, 7) is 10.8. The van der Waals surface area contributed by atoms with Gasteiger partial charge in [-0.2, -0.15) is 0 Å². The molecule has 1 aliphatic heterocycles. The molecule has 1 fully saturated rings. The van der Waals surface area contributed by atoms with Crippen LogP contribution in [0.3, 0.4) is 0 Å². The van der Waals surface area contributed by atoms with Gasteiger partial charge in [-0.3, -0.25) is 4.98 Å². The lowest BCUT2D eigenvalue weighted by molar-refractivity contribution is 0.0205. The number of ether oxygens (including phenoxy) is 1. The zero-order valence-electron chi connectivity index (χ0n) is 22.9. The Morgan fingerprint density at radius 2 is 1.74 bits per heavy atom. The van der Waals surface area contributed by atoms with Gasteiger partial charge in [0.15, 0.2) is 0 Å². The van der Waals surface area contributed by atoms with E-state index in [1.807, 2.05) is 72.0 Å². The van der Waals surface area contributed by atoms with E-state index in [0.717, 1.165) is 46.1 Å². The van der Waals surface area contributed by atoms with Crippen molar-refractivity contribution >= 4 is 33.8 Å². The molecule has 0 atom stereocenters. The normalized spacial score (nSPS) is 14.8. The average Bonchev–Trinajstić information content (AvgIpc) is 2.87. The van der Waals surface area contributed by atoms with Crippen molar-refractivity contribution in [3.05, 3.63) is 59.7 Å². The van der Waals surface area contributed by atoms with Crippen LogP contribution in [0.15, 0.2) is 42.5 Å². The van der Waals surface area contributed by atoms with Crippen LogP contribution in [-0.4, -0.2) is 57.7 Å². The van der Waals surface area contributed by atoms with Gasteiger partial charge in [0.05, 0.1) is 16.7 Å². The molecule has 4 aromatic rings. The molecule has 0 spiro atoms. The van der Waals surface area contributed by atoms with Gasteiger partial charge in [0.2, 0.25) is 5.95 Å². The Kier molecular flexibility index (Phi) is 6.67. The lowest BCUT2D eigenvalue weighted by atomic mass is 9.99. The maximum atomic E-state index is 15.1. The van der Waals surface area contributed by atoms with Gasteiger partial charge in [0.1, 0.15) is 11.4 Å². The van der Waals surface area contributed by atoms with Crippen molar-refractivity contribution in [3.63, 3.8) is 0 Å². The molecule has 2 aromatic heterocycles. The van der Waals surface area contributed by atoms with E-state index in [2.05, 4.69) is 9.88 Å². The summed E-state index contributed by atoms with van der Waals surface area (Å²) in [7, 11) is 2.00. The van der Waals surface area contributed by atoms with Gasteiger partial charge >= 0.3 is 6.09 Å². The number of hydrogen-bond acceptors (Lipinski definition) is 6. The summed E-state index contributed by atoms with van der Waals surface area (Å²) < 4.78 is 20.6. The summed E-state index contributed by atoms with van der Waals surface area (Å²) in [5.74, 6) is 0.342. The Morgan fingerprint density at radius 1 is 1.03 bits per heavy atom. The standard InChI is InChI=1S/C30H34FN5O2/c1-18-7-8-20-9-11-24(31)26(27(20)32-18)21-10-12-25-23(17-21)19(2)33-28(34-25)35(6)22-13-15-36(16-14-22)29(37)38-30(3,4)5/h7-12,17,22H,13-16H2,1-6H3. The second-order valence-corrected chi connectivity index (χ2v) is 11.1. The fourth-order valence-corrected chi connectivity index (χ4v) is 5.04. The van der Waals surface area contributed by atoms with E-state index in [1.165, 1.54) is 6.07 Å². The number of carbonyl (C=O) groups excluding carboxylic acids is 1. The number of nitrogens with zero attached hydrogens (tertiary/aromatic N) is 5. The molecule has 3 heterocycles. The van der Waals surface area contributed by atoms with Crippen molar-refractivity contribution in [1.29, 1.82) is 0 Å². The third-order valence-electron chi connectivity index (χ3n) is 7.09. The van der Waals surface area contributed by atoms with Gasteiger partial charge in [0, 0.05) is 48.2 Å². The zero-order valence-corrected chi connectivity index (χ0v) is 22.9. The molecule has 0 radical (unpaired) electrons. The molecule has 0 bridgehead atoms. The van der Waals surface area contributed by atoms with E-state index in [4.69, 9.17) is 14.7 Å². The number of aromatic nitrogens is 3. The third-order valence-corrected chi connectivity index (χ3v) is 7.09. The summed E-state index contributed by atoms with van der Waals surface area (Å²) in [6, 6.07) is 13.2. The second kappa shape index (κ2) is 9.82. The number of aryl methyl sites for hydroxylation is 2. The van der Waals surface area contributed by atoms with Crippen molar-refractivity contribution in [2.75, 3.05) is 25.0 Å². The Morgan fingerprint density at radius 3 is 2.45 bits per heavy atom. The molecule has 2 aromatic carbocycles. The first-order chi connectivity index (χ1) is 18.0. The number of fused-ring (bicyclic) bond motifs is 2. The first-order valence-electron chi connectivity index (χ1n) is 13.1. The average molecular weight is 516 g/mol. The Bertz CT molecular complexity index is 1520. The zero-order chi connectivity index (χ0) is 27.2. The monoisotopic (exact) mass is 515 g/mol. The van der Waals surface area contributed by atoms with Crippen molar-refractivity contribution in [2.24, 2.45) is 0 Å². The highest BCUT2D eigenvalue weighted by Gasteiger charge is 2.29. The molecule has 1 aliphatic rings. The fraction of sp³-hybridized carbons (Fsp3) is 0.400. The number of pyridine rings is 1. The minimum absolute atomic E-state index is 0.212. The van der Waals surface area contributed by atoms with E-state index < -0.39 is 5.60 Å². The van der Waals surface area contributed by atoms with Crippen LogP contribution in [0.5, 0.6) is 0 Å². The number of anilines is 1. The van der Waals surface area contributed by atoms with Gasteiger partial charge in [-0.15, -0.1) is 0 Å². The molecule has 7 nitrogen and oxygen atoms in total. The van der Waals surface area contributed by atoms with E-state index in [1.54, 1.807) is 11.0 Å². The number of hydrogen-bond donors (Lipinski definition) is 0. The topological polar surface area (TPSA) is 71.5 Å². The minimum atomic E-state index is -0.504. The molecular formula is C30H34FN5O2. The van der Waals surface area contributed by atoms with E-state index in [9.17, 15) is 4.79 Å². The van der Waals surface area contributed by atoms with Crippen LogP contribution in [-0.2, 0) is 4.74 Å². The molecule has 38 heavy (non-hydrogen) atoms. The second-order valence-electron chi connectivity index (χ2n) is 11.1. The van der Waals surface area contributed by atoms with Crippen LogP contribution < -0.4 is 4.90 Å². The summed E-state index contributed by atoms with van der Waals surface area (Å²) in [4.78, 5) is 30.6. The molecule has 0 aliphatic carbocycles. The summed E-state index contributed by atoms with van der Waals surface area (Å²) in [5.41, 5.74) is 3.86. The molecule has 198 valence electrons. The molecule has 1 saturated heterocycles. The summed E-state index contributed by atoms with van der Waals surface area (Å²) >= 11 is 0. The van der Waals surface area contributed by atoms with Crippen LogP contribution in [0.4, 0.5) is 15.1 Å². The number of amides is 1. The molecule has 0 saturated carbocycles. The molecule has 1 amide bonds. The summed E-state index contributed by atoms with van der Waals surface area (Å²) in [5, 5.41) is 1.78. The van der Waals surface area contributed by atoms with E-state index >= 15 is 4.39 Å². The SMILES string of the molecule is Cc1ccc2ccc(F)c(-c3ccc4nc(N(C)C5CCN(C(=O)OC(C)(C)C)CC5)nc(C)c4c3)c2n1. The highest BCUT2D eigenvalue weighted by atomic mass is 19.1. The quantitative estimate of drug-likeness (QED) is 0.313. The van der Waals surface area contributed by atoms with Crippen molar-refractivity contribution in [3.8, 4) is 11.1 Å². The summed E-state index contributed by atoms with van der Waals surface area (Å²) in [6.07, 6.45) is 1.35. The lowest BCUT2D eigenvalue weighted by Gasteiger charge is -2.37. The largest absolute Gasteiger partial charge is 0.444 e. The van der Waals surface area contributed by atoms with Crippen LogP contribution in [0.25, 0.3) is 32.9 Å². The predicted molar refractivity (Wildman–Crippen MR) is 149 cm³/mol. The van der Waals surface area contributed by atoms with Crippen LogP contribution >= 0.6 is 0 Å². The third kappa shape index (κ3) is 5.12. The number of benzene rings is 2. The smallest absolute Gasteiger partial charge is 0.410 e. The molecule has 8 heteroatoms. The van der Waals surface area contributed by atoms with Crippen LogP contribution in [0, 0.1) is 19.7 Å². The van der Waals surface area contributed by atoms with Crippen molar-refractivity contribution < 1.29 is 13.9 Å². The molecule has 0 unspecified atom stereocenters. The number of carbonyl (C=O) groups is 1.